The van der Waals surface area contributed by atoms with E-state index in [1.165, 1.54) is 0 Å². The molecule has 0 bridgehead atoms. The van der Waals surface area contributed by atoms with Crippen LogP contribution in [0.2, 0.25) is 10.0 Å². The number of nitrogens with two attached hydrogens (primary N) is 1. The van der Waals surface area contributed by atoms with Gasteiger partial charge in [0.05, 0.1) is 15.6 Å². The SMILES string of the molecule is C=CCN(C(=O)c1cc(N)cc(Cl)c1Cl)C1CCCC1. The van der Waals surface area contributed by atoms with Crippen molar-refractivity contribution in [2.45, 2.75) is 31.7 Å². The zero-order valence-electron chi connectivity index (χ0n) is 11.2. The number of hydrogen-bond donors (Lipinski definition) is 1. The Morgan fingerprint density at radius 2 is 2.05 bits per heavy atom. The molecular weight excluding hydrogens is 295 g/mol. The first-order valence-electron chi connectivity index (χ1n) is 6.71. The molecule has 1 amide bonds. The molecular formula is C15H18Cl2N2O. The fraction of sp³-hybridized carbons (Fsp3) is 0.400. The van der Waals surface area contributed by atoms with E-state index in [-0.39, 0.29) is 17.0 Å². The second-order valence-corrected chi connectivity index (χ2v) is 5.83. The highest BCUT2D eigenvalue weighted by atomic mass is 35.5. The fourth-order valence-electron chi connectivity index (χ4n) is 2.67. The molecule has 3 nitrogen and oxygen atoms in total. The summed E-state index contributed by atoms with van der Waals surface area (Å²) >= 11 is 12.2. The normalized spacial score (nSPS) is 15.3. The molecule has 1 fully saturated rings. The van der Waals surface area contributed by atoms with Crippen molar-refractivity contribution >= 4 is 34.8 Å². The van der Waals surface area contributed by atoms with Crippen LogP contribution in [0.4, 0.5) is 5.69 Å². The number of carbonyl (C=O) groups excluding carboxylic acids is 1. The van der Waals surface area contributed by atoms with Gasteiger partial charge in [0.2, 0.25) is 0 Å². The van der Waals surface area contributed by atoms with Crippen molar-refractivity contribution in [3.63, 3.8) is 0 Å². The molecule has 0 spiro atoms. The van der Waals surface area contributed by atoms with Gasteiger partial charge in [-0.05, 0) is 25.0 Å². The average molecular weight is 313 g/mol. The Labute approximate surface area is 129 Å². The van der Waals surface area contributed by atoms with E-state index in [4.69, 9.17) is 28.9 Å². The summed E-state index contributed by atoms with van der Waals surface area (Å²) in [6.07, 6.45) is 6.08. The summed E-state index contributed by atoms with van der Waals surface area (Å²) in [5, 5.41) is 0.568. The van der Waals surface area contributed by atoms with Gasteiger partial charge >= 0.3 is 0 Å². The van der Waals surface area contributed by atoms with Crippen LogP contribution in [0.1, 0.15) is 36.0 Å². The highest BCUT2D eigenvalue weighted by Gasteiger charge is 2.28. The van der Waals surface area contributed by atoms with Gasteiger partial charge in [-0.1, -0.05) is 42.1 Å². The maximum Gasteiger partial charge on any atom is 0.256 e. The molecule has 0 unspecified atom stereocenters. The van der Waals surface area contributed by atoms with Gasteiger partial charge < -0.3 is 10.6 Å². The quantitative estimate of drug-likeness (QED) is 0.670. The van der Waals surface area contributed by atoms with Crippen molar-refractivity contribution in [2.75, 3.05) is 12.3 Å². The van der Waals surface area contributed by atoms with Crippen LogP contribution in [-0.4, -0.2) is 23.4 Å². The van der Waals surface area contributed by atoms with Crippen molar-refractivity contribution in [3.05, 3.63) is 40.4 Å². The van der Waals surface area contributed by atoms with E-state index >= 15 is 0 Å². The van der Waals surface area contributed by atoms with Gasteiger partial charge in [-0.3, -0.25) is 4.79 Å². The molecule has 0 radical (unpaired) electrons. The topological polar surface area (TPSA) is 46.3 Å². The van der Waals surface area contributed by atoms with Crippen LogP contribution in [0.15, 0.2) is 24.8 Å². The van der Waals surface area contributed by atoms with E-state index in [1.807, 2.05) is 4.90 Å². The number of nitrogens with zero attached hydrogens (tertiary/aromatic N) is 1. The van der Waals surface area contributed by atoms with E-state index < -0.39 is 0 Å². The molecule has 0 heterocycles. The summed E-state index contributed by atoms with van der Waals surface area (Å²) in [6, 6.07) is 3.38. The van der Waals surface area contributed by atoms with E-state index in [2.05, 4.69) is 6.58 Å². The third-order valence-electron chi connectivity index (χ3n) is 3.63. The molecule has 1 aliphatic rings. The van der Waals surface area contributed by atoms with Gasteiger partial charge in [0.15, 0.2) is 0 Å². The van der Waals surface area contributed by atoms with E-state index in [0.717, 1.165) is 25.7 Å². The largest absolute Gasteiger partial charge is 0.399 e. The number of anilines is 1. The lowest BCUT2D eigenvalue weighted by Gasteiger charge is -2.28. The highest BCUT2D eigenvalue weighted by Crippen LogP contribution is 2.31. The summed E-state index contributed by atoms with van der Waals surface area (Å²) < 4.78 is 0. The molecule has 108 valence electrons. The molecule has 20 heavy (non-hydrogen) atoms. The molecule has 0 aromatic heterocycles. The number of nitrogen functional groups attached to an aromatic ring is 1. The van der Waals surface area contributed by atoms with E-state index in [9.17, 15) is 4.79 Å². The van der Waals surface area contributed by atoms with Gasteiger partial charge in [0.25, 0.3) is 5.91 Å². The number of benzene rings is 1. The van der Waals surface area contributed by atoms with Crippen LogP contribution < -0.4 is 5.73 Å². The zero-order chi connectivity index (χ0) is 14.7. The summed E-state index contributed by atoms with van der Waals surface area (Å²) in [5.41, 5.74) is 6.56. The standard InChI is InChI=1S/C15H18Cl2N2O/c1-2-7-19(11-5-3-4-6-11)15(20)12-8-10(18)9-13(16)14(12)17/h2,8-9,11H,1,3-7,18H2. The molecule has 0 saturated heterocycles. The third kappa shape index (κ3) is 3.10. The Morgan fingerprint density at radius 3 is 2.65 bits per heavy atom. The van der Waals surface area contributed by atoms with Crippen LogP contribution in [0, 0.1) is 0 Å². The third-order valence-corrected chi connectivity index (χ3v) is 4.44. The minimum atomic E-state index is -0.129. The van der Waals surface area contributed by atoms with Crippen molar-refractivity contribution in [3.8, 4) is 0 Å². The fourth-order valence-corrected chi connectivity index (χ4v) is 3.09. The lowest BCUT2D eigenvalue weighted by molar-refractivity contribution is 0.0707. The highest BCUT2D eigenvalue weighted by molar-refractivity contribution is 6.44. The summed E-state index contributed by atoms with van der Waals surface area (Å²) in [5.74, 6) is -0.129. The first-order chi connectivity index (χ1) is 9.54. The Bertz CT molecular complexity index is 525. The van der Waals surface area contributed by atoms with Gasteiger partial charge in [-0.2, -0.15) is 0 Å². The number of halogens is 2. The first kappa shape index (κ1) is 15.2. The lowest BCUT2D eigenvalue weighted by atomic mass is 10.1. The van der Waals surface area contributed by atoms with Crippen molar-refractivity contribution in [1.29, 1.82) is 0 Å². The Kier molecular flexibility index (Phi) is 4.95. The first-order valence-corrected chi connectivity index (χ1v) is 7.46. The molecule has 1 aromatic carbocycles. The van der Waals surface area contributed by atoms with Crippen molar-refractivity contribution in [1.82, 2.24) is 4.90 Å². The molecule has 1 saturated carbocycles. The minimum Gasteiger partial charge on any atom is -0.399 e. The van der Waals surface area contributed by atoms with Crippen LogP contribution in [0.25, 0.3) is 0 Å². The Hall–Kier alpha value is -1.19. The van der Waals surface area contributed by atoms with Crippen LogP contribution in [0.5, 0.6) is 0 Å². The molecule has 2 rings (SSSR count). The molecule has 5 heteroatoms. The van der Waals surface area contributed by atoms with E-state index in [1.54, 1.807) is 18.2 Å². The smallest absolute Gasteiger partial charge is 0.256 e. The van der Waals surface area contributed by atoms with Crippen LogP contribution in [-0.2, 0) is 0 Å². The number of rotatable bonds is 4. The number of amides is 1. The molecule has 0 atom stereocenters. The minimum absolute atomic E-state index is 0.129. The van der Waals surface area contributed by atoms with Crippen LogP contribution in [0.3, 0.4) is 0 Å². The van der Waals surface area contributed by atoms with Crippen LogP contribution >= 0.6 is 23.2 Å². The second kappa shape index (κ2) is 6.51. The van der Waals surface area contributed by atoms with Gasteiger partial charge in [-0.15, -0.1) is 6.58 Å². The zero-order valence-corrected chi connectivity index (χ0v) is 12.8. The van der Waals surface area contributed by atoms with Gasteiger partial charge in [-0.25, -0.2) is 0 Å². The van der Waals surface area contributed by atoms with Crippen molar-refractivity contribution in [2.24, 2.45) is 0 Å². The molecule has 1 aromatic rings. The summed E-state index contributed by atoms with van der Waals surface area (Å²) in [6.45, 7) is 4.23. The monoisotopic (exact) mass is 312 g/mol. The number of hydrogen-bond acceptors (Lipinski definition) is 2. The Balaban J connectivity index is 2.33. The average Bonchev–Trinajstić information content (AvgIpc) is 2.93. The predicted octanol–water partition coefficient (Wildman–Crippen LogP) is 4.15. The molecule has 1 aliphatic carbocycles. The van der Waals surface area contributed by atoms with Gasteiger partial charge in [0, 0.05) is 18.3 Å². The second-order valence-electron chi connectivity index (χ2n) is 5.05. The summed E-state index contributed by atoms with van der Waals surface area (Å²) in [4.78, 5) is 14.5. The van der Waals surface area contributed by atoms with Crippen molar-refractivity contribution < 1.29 is 4.79 Å². The number of carbonyl (C=O) groups is 1. The van der Waals surface area contributed by atoms with E-state index in [0.29, 0.717) is 22.8 Å². The van der Waals surface area contributed by atoms with Gasteiger partial charge in [0.1, 0.15) is 0 Å². The summed E-state index contributed by atoms with van der Waals surface area (Å²) in [7, 11) is 0. The maximum absolute atomic E-state index is 12.7. The lowest BCUT2D eigenvalue weighted by Crippen LogP contribution is -2.39. The molecule has 0 aliphatic heterocycles. The predicted molar refractivity (Wildman–Crippen MR) is 84.4 cm³/mol. The molecule has 2 N–H and O–H groups in total. The Morgan fingerprint density at radius 1 is 1.40 bits per heavy atom. The maximum atomic E-state index is 12.7.